The van der Waals surface area contributed by atoms with Gasteiger partial charge in [-0.2, -0.15) is 4.58 Å². The van der Waals surface area contributed by atoms with E-state index in [9.17, 15) is 0 Å². The highest BCUT2D eigenvalue weighted by Gasteiger charge is 2.41. The minimum Gasteiger partial charge on any atom is -0.455 e. The van der Waals surface area contributed by atoms with Crippen LogP contribution in [0.25, 0.3) is 71.7 Å². The van der Waals surface area contributed by atoms with Crippen LogP contribution in [-0.4, -0.2) is 15.0 Å². The highest BCUT2D eigenvalue weighted by molar-refractivity contribution is 6.15. The van der Waals surface area contributed by atoms with Crippen molar-refractivity contribution in [3.05, 3.63) is 199 Å². The lowest BCUT2D eigenvalue weighted by Gasteiger charge is -2.31. The standard InChI is InChI=1S/C50H35N3O/c1-4-14-33(15-5-1)39-21-12-23-42-43-24-13-22-40(48(43)54-47(39)42)36-26-31-46-44(32-36)41-20-10-11-25-45(41)52(46)37-27-29-38(30-28-37)53-49(34-16-6-2-7-17-34)51-50(53)35-18-8-3-9-19-35/h1-27,29,31-32,49H,28,30H2/p+1. The minimum absolute atomic E-state index is 0.107. The molecule has 7 aromatic carbocycles. The molecular weight excluding hydrogens is 659 g/mol. The van der Waals surface area contributed by atoms with Crippen molar-refractivity contribution in [1.29, 1.82) is 0 Å². The Morgan fingerprint density at radius 2 is 1.11 bits per heavy atom. The van der Waals surface area contributed by atoms with Crippen molar-refractivity contribution in [2.45, 2.75) is 19.0 Å². The average molecular weight is 695 g/mol. The number of hydrogen-bond acceptors (Lipinski definition) is 2. The molecule has 2 aliphatic rings. The number of hydrogen-bond donors (Lipinski definition) is 1. The fraction of sp³-hybridized carbons (Fsp3) is 0.0600. The molecule has 0 saturated carbocycles. The van der Waals surface area contributed by atoms with Crippen molar-refractivity contribution in [3.8, 4) is 22.3 Å². The molecule has 0 saturated heterocycles. The second-order valence-electron chi connectivity index (χ2n) is 14.3. The number of amidine groups is 1. The van der Waals surface area contributed by atoms with Crippen molar-refractivity contribution < 1.29 is 8.99 Å². The van der Waals surface area contributed by atoms with Crippen LogP contribution in [0.2, 0.25) is 0 Å². The van der Waals surface area contributed by atoms with Gasteiger partial charge in [-0.05, 0) is 60.0 Å². The number of fused-ring (bicyclic) bond motifs is 6. The molecule has 0 fully saturated rings. The van der Waals surface area contributed by atoms with Gasteiger partial charge >= 0.3 is 0 Å². The van der Waals surface area contributed by atoms with Crippen molar-refractivity contribution in [3.63, 3.8) is 0 Å². The minimum atomic E-state index is 0.107. The van der Waals surface area contributed by atoms with Gasteiger partial charge in [0.15, 0.2) is 0 Å². The third-order valence-corrected chi connectivity index (χ3v) is 11.2. The summed E-state index contributed by atoms with van der Waals surface area (Å²) < 4.78 is 11.8. The van der Waals surface area contributed by atoms with E-state index < -0.39 is 0 Å². The van der Waals surface area contributed by atoms with Gasteiger partial charge in [-0.15, -0.1) is 0 Å². The predicted octanol–water partition coefficient (Wildman–Crippen LogP) is 12.3. The molecule has 0 bridgehead atoms. The third kappa shape index (κ3) is 4.80. The first-order chi connectivity index (χ1) is 26.8. The van der Waals surface area contributed by atoms with Crippen LogP contribution in [0.15, 0.2) is 192 Å². The van der Waals surface area contributed by atoms with Gasteiger partial charge in [0, 0.05) is 50.4 Å². The lowest BCUT2D eigenvalue weighted by atomic mass is 9.99. The lowest BCUT2D eigenvalue weighted by molar-refractivity contribution is -0.565. The summed E-state index contributed by atoms with van der Waals surface area (Å²) in [5, 5.41) is 8.54. The zero-order chi connectivity index (χ0) is 35.6. The number of rotatable bonds is 6. The quantitative estimate of drug-likeness (QED) is 0.176. The lowest BCUT2D eigenvalue weighted by Crippen LogP contribution is -2.52. The smallest absolute Gasteiger partial charge is 0.289 e. The van der Waals surface area contributed by atoms with Gasteiger partial charge in [0.1, 0.15) is 16.9 Å². The van der Waals surface area contributed by atoms with E-state index in [4.69, 9.17) is 4.42 Å². The van der Waals surface area contributed by atoms with Gasteiger partial charge in [-0.1, -0.05) is 140 Å². The molecule has 0 amide bonds. The van der Waals surface area contributed by atoms with Gasteiger partial charge in [0.2, 0.25) is 0 Å². The second-order valence-corrected chi connectivity index (χ2v) is 14.3. The fourth-order valence-corrected chi connectivity index (χ4v) is 8.67. The van der Waals surface area contributed by atoms with E-state index in [1.807, 2.05) is 0 Å². The molecule has 3 heterocycles. The summed E-state index contributed by atoms with van der Waals surface area (Å²) in [5.41, 5.74) is 13.9. The van der Waals surface area contributed by atoms with Crippen molar-refractivity contribution in [2.75, 3.05) is 0 Å². The summed E-state index contributed by atoms with van der Waals surface area (Å²) in [6.45, 7) is 0. The average Bonchev–Trinajstić information content (AvgIpc) is 3.78. The zero-order valence-electron chi connectivity index (χ0n) is 29.6. The predicted molar refractivity (Wildman–Crippen MR) is 222 cm³/mol. The van der Waals surface area contributed by atoms with Crippen molar-refractivity contribution in [2.24, 2.45) is 0 Å². The fourth-order valence-electron chi connectivity index (χ4n) is 8.67. The molecular formula is C50H36N3O+. The number of furan rings is 1. The molecule has 1 aliphatic carbocycles. The Bertz CT molecular complexity index is 3000. The summed E-state index contributed by atoms with van der Waals surface area (Å²) in [7, 11) is 0. The van der Waals surface area contributed by atoms with Gasteiger partial charge < -0.3 is 8.98 Å². The molecule has 1 N–H and O–H groups in total. The monoisotopic (exact) mass is 694 g/mol. The van der Waals surface area contributed by atoms with E-state index >= 15 is 0 Å². The Balaban J connectivity index is 1.02. The Labute approximate surface area is 313 Å². The molecule has 9 aromatic rings. The molecule has 4 heteroatoms. The van der Waals surface area contributed by atoms with E-state index in [-0.39, 0.29) is 6.17 Å². The first-order valence-electron chi connectivity index (χ1n) is 18.8. The second kappa shape index (κ2) is 12.4. The Hall–Kier alpha value is -6.91. The zero-order valence-corrected chi connectivity index (χ0v) is 29.6. The maximum absolute atomic E-state index is 6.81. The van der Waals surface area contributed by atoms with Crippen LogP contribution < -0.4 is 5.32 Å². The summed E-state index contributed by atoms with van der Waals surface area (Å²) in [5.74, 6) is 1.16. The summed E-state index contributed by atoms with van der Waals surface area (Å²) >= 11 is 0. The Morgan fingerprint density at radius 3 is 1.81 bits per heavy atom. The van der Waals surface area contributed by atoms with Crippen LogP contribution >= 0.6 is 0 Å². The first kappa shape index (κ1) is 30.7. The van der Waals surface area contributed by atoms with E-state index in [2.05, 4.69) is 196 Å². The first-order valence-corrected chi connectivity index (χ1v) is 18.8. The van der Waals surface area contributed by atoms with Crippen molar-refractivity contribution >= 4 is 55.3 Å². The van der Waals surface area contributed by atoms with Gasteiger partial charge in [-0.25, -0.2) is 5.32 Å². The molecule has 1 aliphatic heterocycles. The molecule has 0 spiro atoms. The number of para-hydroxylation sites is 3. The van der Waals surface area contributed by atoms with Crippen LogP contribution in [0.5, 0.6) is 0 Å². The van der Waals surface area contributed by atoms with Gasteiger partial charge in [0.25, 0.3) is 12.0 Å². The van der Waals surface area contributed by atoms with Gasteiger partial charge in [-0.3, -0.25) is 0 Å². The van der Waals surface area contributed by atoms with E-state index in [1.165, 1.54) is 44.3 Å². The summed E-state index contributed by atoms with van der Waals surface area (Å²) in [6, 6.07) is 60.6. The molecule has 0 radical (unpaired) electrons. The van der Waals surface area contributed by atoms with Crippen LogP contribution in [0, 0.1) is 0 Å². The molecule has 1 atom stereocenters. The van der Waals surface area contributed by atoms with Crippen LogP contribution in [0.1, 0.15) is 30.1 Å². The van der Waals surface area contributed by atoms with E-state index in [0.717, 1.165) is 62.9 Å². The van der Waals surface area contributed by atoms with E-state index in [1.54, 1.807) is 0 Å². The number of allylic oxidation sites excluding steroid dienone is 4. The highest BCUT2D eigenvalue weighted by atomic mass is 16.3. The van der Waals surface area contributed by atoms with E-state index in [0.29, 0.717) is 0 Å². The number of nitrogens with one attached hydrogen (secondary N) is 1. The van der Waals surface area contributed by atoms with Gasteiger partial charge in [0.05, 0.1) is 16.6 Å². The molecule has 2 aromatic heterocycles. The number of nitrogens with zero attached hydrogens (tertiary/aromatic N) is 2. The van der Waals surface area contributed by atoms with Crippen molar-refractivity contribution in [1.82, 2.24) is 9.88 Å². The normalized spacial score (nSPS) is 15.7. The Kier molecular flexibility index (Phi) is 7.02. The maximum Gasteiger partial charge on any atom is 0.289 e. The number of aromatic nitrogens is 1. The Morgan fingerprint density at radius 1 is 0.500 bits per heavy atom. The molecule has 256 valence electrons. The molecule has 1 unspecified atom stereocenters. The van der Waals surface area contributed by atoms with Crippen LogP contribution in [-0.2, 0) is 0 Å². The van der Waals surface area contributed by atoms with Crippen LogP contribution in [0.4, 0.5) is 0 Å². The SMILES string of the molecule is C1=C(n2c3ccccc3c3cc(-c4cccc5c4oc4c(-c6ccccc6)cccc45)ccc32)CCC([N+]2=C(c3ccccc3)NC2c2ccccc2)=C1. The maximum atomic E-state index is 6.81. The van der Waals surface area contributed by atoms with Crippen LogP contribution in [0.3, 0.4) is 0 Å². The summed E-state index contributed by atoms with van der Waals surface area (Å²) in [4.78, 5) is 0. The molecule has 11 rings (SSSR count). The number of benzene rings is 7. The third-order valence-electron chi connectivity index (χ3n) is 11.2. The highest BCUT2D eigenvalue weighted by Crippen LogP contribution is 2.42. The largest absolute Gasteiger partial charge is 0.455 e. The molecule has 54 heavy (non-hydrogen) atoms. The topological polar surface area (TPSA) is 33.1 Å². The molecule has 4 nitrogen and oxygen atoms in total. The summed E-state index contributed by atoms with van der Waals surface area (Å²) in [6.07, 6.45) is 6.65.